The van der Waals surface area contributed by atoms with E-state index < -0.39 is 0 Å². The predicted molar refractivity (Wildman–Crippen MR) is 57.3 cm³/mol. The number of rotatable bonds is 1. The van der Waals surface area contributed by atoms with Gasteiger partial charge in [0.15, 0.2) is 5.52 Å². The normalized spacial score (nSPS) is 10.8. The van der Waals surface area contributed by atoms with E-state index in [-0.39, 0.29) is 5.56 Å². The third-order valence-electron chi connectivity index (χ3n) is 2.27. The van der Waals surface area contributed by atoms with Crippen molar-refractivity contribution in [2.75, 3.05) is 0 Å². The van der Waals surface area contributed by atoms with E-state index in [1.165, 1.54) is 6.33 Å². The van der Waals surface area contributed by atoms with E-state index in [2.05, 4.69) is 20.1 Å². The molecule has 78 valence electrons. The maximum atomic E-state index is 11.7. The number of pyridine rings is 1. The number of nitrogens with zero attached hydrogens (tertiary/aromatic N) is 4. The minimum Gasteiger partial charge on any atom is -0.311 e. The summed E-state index contributed by atoms with van der Waals surface area (Å²) in [5.74, 6) is 0. The summed E-state index contributed by atoms with van der Waals surface area (Å²) >= 11 is 0. The van der Waals surface area contributed by atoms with Crippen molar-refractivity contribution in [1.82, 2.24) is 24.7 Å². The summed E-state index contributed by atoms with van der Waals surface area (Å²) in [6.07, 6.45) is 6.22. The Morgan fingerprint density at radius 2 is 2.06 bits per heavy atom. The standard InChI is InChI=1S/C10H7N5O/c16-10-9-8(12-6-13-10)5-14-15(9)7-1-3-11-4-2-7/h1-6H,(H,12,13,16). The summed E-state index contributed by atoms with van der Waals surface area (Å²) in [5, 5.41) is 4.13. The SMILES string of the molecule is O=c1[nH]cnc2cnn(-c3ccncc3)c12. The molecule has 0 unspecified atom stereocenters. The third-order valence-corrected chi connectivity index (χ3v) is 2.27. The maximum Gasteiger partial charge on any atom is 0.277 e. The topological polar surface area (TPSA) is 76.5 Å². The summed E-state index contributed by atoms with van der Waals surface area (Å²) < 4.78 is 1.54. The van der Waals surface area contributed by atoms with Crippen LogP contribution < -0.4 is 5.56 Å². The highest BCUT2D eigenvalue weighted by atomic mass is 16.1. The lowest BCUT2D eigenvalue weighted by Crippen LogP contribution is -2.10. The number of fused-ring (bicyclic) bond motifs is 1. The van der Waals surface area contributed by atoms with Crippen LogP contribution in [0.15, 0.2) is 41.8 Å². The lowest BCUT2D eigenvalue weighted by atomic mass is 10.4. The first kappa shape index (κ1) is 8.78. The van der Waals surface area contributed by atoms with Crippen molar-refractivity contribution in [3.8, 4) is 5.69 Å². The minimum absolute atomic E-state index is 0.209. The molecular formula is C10H7N5O. The van der Waals surface area contributed by atoms with E-state index in [0.717, 1.165) is 5.69 Å². The van der Waals surface area contributed by atoms with Crippen LogP contribution in [0.2, 0.25) is 0 Å². The Morgan fingerprint density at radius 1 is 1.25 bits per heavy atom. The fourth-order valence-corrected chi connectivity index (χ4v) is 1.56. The van der Waals surface area contributed by atoms with Gasteiger partial charge in [0.05, 0.1) is 18.2 Å². The average molecular weight is 213 g/mol. The molecule has 0 aliphatic carbocycles. The molecular weight excluding hydrogens is 206 g/mol. The molecule has 0 amide bonds. The summed E-state index contributed by atoms with van der Waals surface area (Å²) in [6.45, 7) is 0. The van der Waals surface area contributed by atoms with Crippen LogP contribution in [0.3, 0.4) is 0 Å². The number of nitrogens with one attached hydrogen (secondary N) is 1. The first-order valence-electron chi connectivity index (χ1n) is 4.68. The van der Waals surface area contributed by atoms with E-state index in [1.807, 2.05) is 0 Å². The number of hydrogen-bond donors (Lipinski definition) is 1. The fourth-order valence-electron chi connectivity index (χ4n) is 1.56. The van der Waals surface area contributed by atoms with Crippen molar-refractivity contribution >= 4 is 11.0 Å². The molecule has 0 bridgehead atoms. The van der Waals surface area contributed by atoms with Crippen LogP contribution in [0.5, 0.6) is 0 Å². The molecule has 1 N–H and O–H groups in total. The zero-order chi connectivity index (χ0) is 11.0. The van der Waals surface area contributed by atoms with Crippen molar-refractivity contribution in [1.29, 1.82) is 0 Å². The molecule has 0 aliphatic rings. The van der Waals surface area contributed by atoms with Crippen LogP contribution >= 0.6 is 0 Å². The zero-order valence-electron chi connectivity index (χ0n) is 8.16. The number of H-pyrrole nitrogens is 1. The van der Waals surface area contributed by atoms with Crippen molar-refractivity contribution in [2.45, 2.75) is 0 Å². The molecule has 0 fully saturated rings. The van der Waals surface area contributed by atoms with Gasteiger partial charge in [0.25, 0.3) is 5.56 Å². The van der Waals surface area contributed by atoms with Gasteiger partial charge < -0.3 is 4.98 Å². The second-order valence-electron chi connectivity index (χ2n) is 3.23. The summed E-state index contributed by atoms with van der Waals surface area (Å²) in [7, 11) is 0. The van der Waals surface area contributed by atoms with Gasteiger partial charge in [-0.1, -0.05) is 0 Å². The maximum absolute atomic E-state index is 11.7. The Labute approximate surface area is 89.6 Å². The van der Waals surface area contributed by atoms with Crippen LogP contribution in [0.25, 0.3) is 16.7 Å². The summed E-state index contributed by atoms with van der Waals surface area (Å²) in [6, 6.07) is 3.55. The van der Waals surface area contributed by atoms with Crippen molar-refractivity contribution in [3.63, 3.8) is 0 Å². The van der Waals surface area contributed by atoms with Crippen molar-refractivity contribution < 1.29 is 0 Å². The lowest BCUT2D eigenvalue weighted by molar-refractivity contribution is 0.900. The fraction of sp³-hybridized carbons (Fsp3) is 0. The average Bonchev–Trinajstić information content (AvgIpc) is 2.75. The molecule has 0 saturated heterocycles. The van der Waals surface area contributed by atoms with Gasteiger partial charge in [-0.05, 0) is 12.1 Å². The number of hydrogen-bond acceptors (Lipinski definition) is 4. The van der Waals surface area contributed by atoms with Crippen LogP contribution in [0.4, 0.5) is 0 Å². The molecule has 0 atom stereocenters. The predicted octanol–water partition coefficient (Wildman–Crippen LogP) is 0.504. The Balaban J connectivity index is 2.38. The van der Waals surface area contributed by atoms with Gasteiger partial charge in [-0.25, -0.2) is 9.67 Å². The first-order valence-corrected chi connectivity index (χ1v) is 4.68. The van der Waals surface area contributed by atoms with Crippen molar-refractivity contribution in [2.24, 2.45) is 0 Å². The van der Waals surface area contributed by atoms with Gasteiger partial charge in [0, 0.05) is 12.4 Å². The molecule has 3 rings (SSSR count). The monoisotopic (exact) mass is 213 g/mol. The molecule has 0 saturated carbocycles. The van der Waals surface area contributed by atoms with Gasteiger partial charge in [0.2, 0.25) is 0 Å². The smallest absolute Gasteiger partial charge is 0.277 e. The molecule has 0 aliphatic heterocycles. The van der Waals surface area contributed by atoms with Crippen molar-refractivity contribution in [3.05, 3.63) is 47.4 Å². The van der Waals surface area contributed by atoms with Crippen LogP contribution in [-0.4, -0.2) is 24.7 Å². The van der Waals surface area contributed by atoms with E-state index >= 15 is 0 Å². The Kier molecular flexibility index (Phi) is 1.79. The second-order valence-corrected chi connectivity index (χ2v) is 3.23. The quantitative estimate of drug-likeness (QED) is 0.638. The van der Waals surface area contributed by atoms with Crippen LogP contribution in [0.1, 0.15) is 0 Å². The van der Waals surface area contributed by atoms with E-state index in [9.17, 15) is 4.79 Å². The van der Waals surface area contributed by atoms with E-state index in [0.29, 0.717) is 11.0 Å². The Bertz CT molecular complexity index is 685. The largest absolute Gasteiger partial charge is 0.311 e. The number of aromatic amines is 1. The Hall–Kier alpha value is -2.50. The Morgan fingerprint density at radius 3 is 2.88 bits per heavy atom. The highest BCUT2D eigenvalue weighted by Crippen LogP contribution is 2.11. The third kappa shape index (κ3) is 1.20. The summed E-state index contributed by atoms with van der Waals surface area (Å²) in [5.41, 5.74) is 1.58. The molecule has 6 nitrogen and oxygen atoms in total. The first-order chi connectivity index (χ1) is 7.86. The van der Waals surface area contributed by atoms with Gasteiger partial charge in [-0.2, -0.15) is 5.10 Å². The molecule has 3 aromatic heterocycles. The van der Waals surface area contributed by atoms with Gasteiger partial charge in [0.1, 0.15) is 5.52 Å². The lowest BCUT2D eigenvalue weighted by Gasteiger charge is -2.00. The molecule has 0 aromatic carbocycles. The zero-order valence-corrected chi connectivity index (χ0v) is 8.16. The van der Waals surface area contributed by atoms with Crippen LogP contribution in [0, 0.1) is 0 Å². The van der Waals surface area contributed by atoms with Crippen LogP contribution in [-0.2, 0) is 0 Å². The minimum atomic E-state index is -0.209. The van der Waals surface area contributed by atoms with E-state index in [4.69, 9.17) is 0 Å². The molecule has 0 spiro atoms. The number of aromatic nitrogens is 5. The van der Waals surface area contributed by atoms with E-state index in [1.54, 1.807) is 35.4 Å². The van der Waals surface area contributed by atoms with Gasteiger partial charge in [-0.15, -0.1) is 0 Å². The molecule has 0 radical (unpaired) electrons. The highest BCUT2D eigenvalue weighted by molar-refractivity contribution is 5.74. The second kappa shape index (κ2) is 3.27. The molecule has 16 heavy (non-hydrogen) atoms. The van der Waals surface area contributed by atoms with Gasteiger partial charge >= 0.3 is 0 Å². The highest BCUT2D eigenvalue weighted by Gasteiger charge is 2.08. The molecule has 3 heterocycles. The summed E-state index contributed by atoms with van der Waals surface area (Å²) in [4.78, 5) is 22.1. The van der Waals surface area contributed by atoms with Gasteiger partial charge in [-0.3, -0.25) is 9.78 Å². The molecule has 3 aromatic rings. The molecule has 6 heteroatoms.